The van der Waals surface area contributed by atoms with E-state index in [9.17, 15) is 22.6 Å². The largest absolute Gasteiger partial charge is 1.00 e. The third-order valence-corrected chi connectivity index (χ3v) is 5.40. The average Bonchev–Trinajstić information content (AvgIpc) is 2.79. The van der Waals surface area contributed by atoms with Gasteiger partial charge in [0.15, 0.2) is 0 Å². The van der Waals surface area contributed by atoms with Crippen molar-refractivity contribution in [2.24, 2.45) is 0 Å². The second kappa shape index (κ2) is 10.3. The average molecular weight is 470 g/mol. The van der Waals surface area contributed by atoms with Crippen molar-refractivity contribution in [3.05, 3.63) is 102 Å². The van der Waals surface area contributed by atoms with Crippen LogP contribution in [0, 0.1) is 0 Å². The van der Waals surface area contributed by atoms with Crippen LogP contribution < -0.4 is 39.0 Å². The van der Waals surface area contributed by atoms with Crippen LogP contribution in [0.4, 0.5) is 0 Å². The van der Waals surface area contributed by atoms with Crippen LogP contribution in [0.3, 0.4) is 0 Å². The van der Waals surface area contributed by atoms with Gasteiger partial charge in [0.2, 0.25) is 0 Å². The van der Waals surface area contributed by atoms with Crippen molar-refractivity contribution in [2.75, 3.05) is 0 Å². The third-order valence-electron chi connectivity index (χ3n) is 4.58. The molecule has 0 fully saturated rings. The van der Waals surface area contributed by atoms with Gasteiger partial charge in [0.25, 0.3) is 0 Å². The van der Waals surface area contributed by atoms with E-state index in [0.29, 0.717) is 16.3 Å². The van der Waals surface area contributed by atoms with Gasteiger partial charge in [-0.3, -0.25) is 0 Å². The molecule has 4 rings (SSSR count). The topological polar surface area (TPSA) is 110 Å². The summed E-state index contributed by atoms with van der Waals surface area (Å²) >= 11 is 0. The van der Waals surface area contributed by atoms with Crippen LogP contribution >= 0.6 is 0 Å². The Balaban J connectivity index is 0.00000306. The Morgan fingerprint density at radius 2 is 1.24 bits per heavy atom. The second-order valence-electron chi connectivity index (χ2n) is 6.77. The molecule has 0 amide bonds. The van der Waals surface area contributed by atoms with E-state index in [1.54, 1.807) is 48.5 Å². The van der Waals surface area contributed by atoms with Crippen molar-refractivity contribution < 1.29 is 61.6 Å². The molecule has 160 valence electrons. The van der Waals surface area contributed by atoms with Gasteiger partial charge >= 0.3 is 41.5 Å². The van der Waals surface area contributed by atoms with Crippen LogP contribution in [0.1, 0.15) is 20.7 Å². The van der Waals surface area contributed by atoms with Crippen LogP contribution in [0.15, 0.2) is 95.9 Å². The van der Waals surface area contributed by atoms with E-state index in [4.69, 9.17) is 9.47 Å². The predicted octanol–water partition coefficient (Wildman–Crippen LogP) is 1.19. The molecular formula is C24H15NaO7S. The molecule has 0 radical (unpaired) electrons. The van der Waals surface area contributed by atoms with Gasteiger partial charge in [-0.25, -0.2) is 18.0 Å². The minimum absolute atomic E-state index is 0. The molecule has 7 nitrogen and oxygen atoms in total. The number of hydrogen-bond acceptors (Lipinski definition) is 7. The summed E-state index contributed by atoms with van der Waals surface area (Å²) in [5, 5.41) is 0.609. The molecule has 33 heavy (non-hydrogen) atoms. The van der Waals surface area contributed by atoms with Crippen molar-refractivity contribution in [1.82, 2.24) is 0 Å². The van der Waals surface area contributed by atoms with Gasteiger partial charge in [0.1, 0.15) is 21.6 Å². The first-order chi connectivity index (χ1) is 15.3. The van der Waals surface area contributed by atoms with Gasteiger partial charge in [-0.2, -0.15) is 0 Å². The normalized spacial score (nSPS) is 10.8. The molecule has 0 aromatic heterocycles. The molecule has 0 saturated heterocycles. The quantitative estimate of drug-likeness (QED) is 0.187. The van der Waals surface area contributed by atoms with Gasteiger partial charge < -0.3 is 14.0 Å². The molecule has 0 atom stereocenters. The number of rotatable bonds is 5. The standard InChI is InChI=1S/C24H16O7S.Na/c25-23(16-7-3-1-4-8-16)30-19-12-11-18-13-20(32(27,28)29)15-22(21(18)14-19)31-24(26)17-9-5-2-6-10-17;/h1-15H,(H,27,28,29);/q;+1/p-1. The van der Waals surface area contributed by atoms with Gasteiger partial charge in [-0.05, 0) is 53.9 Å². The number of carbonyl (C=O) groups is 2. The van der Waals surface area contributed by atoms with Crippen molar-refractivity contribution in [1.29, 1.82) is 0 Å². The van der Waals surface area contributed by atoms with Gasteiger partial charge in [0.05, 0.1) is 16.0 Å². The number of carbonyl (C=O) groups excluding carboxylic acids is 2. The van der Waals surface area contributed by atoms with E-state index < -0.39 is 27.0 Å². The summed E-state index contributed by atoms with van der Waals surface area (Å²) in [6.45, 7) is 0. The minimum atomic E-state index is -4.81. The maximum atomic E-state index is 12.5. The molecule has 0 aliphatic rings. The fraction of sp³-hybridized carbons (Fsp3) is 0. The van der Waals surface area contributed by atoms with Crippen molar-refractivity contribution in [2.45, 2.75) is 4.90 Å². The fourth-order valence-corrected chi connectivity index (χ4v) is 3.56. The van der Waals surface area contributed by atoms with Crippen LogP contribution in [0.25, 0.3) is 10.8 Å². The van der Waals surface area contributed by atoms with E-state index in [0.717, 1.165) is 6.07 Å². The zero-order valence-electron chi connectivity index (χ0n) is 17.4. The SMILES string of the molecule is O=C(Oc1ccc2cc(S(=O)(=O)[O-])cc(OC(=O)c3ccccc3)c2c1)c1ccccc1.[Na+]. The Morgan fingerprint density at radius 1 is 0.697 bits per heavy atom. The summed E-state index contributed by atoms with van der Waals surface area (Å²) < 4.78 is 45.6. The molecule has 0 bridgehead atoms. The summed E-state index contributed by atoms with van der Waals surface area (Å²) in [6.07, 6.45) is 0. The first kappa shape index (κ1) is 24.6. The van der Waals surface area contributed by atoms with Gasteiger partial charge in [-0.15, -0.1) is 0 Å². The fourth-order valence-electron chi connectivity index (χ4n) is 3.04. The molecule has 4 aromatic carbocycles. The molecule has 0 saturated carbocycles. The van der Waals surface area contributed by atoms with E-state index >= 15 is 0 Å². The number of ether oxygens (including phenoxy) is 2. The number of benzene rings is 4. The van der Waals surface area contributed by atoms with E-state index in [-0.39, 0.29) is 46.6 Å². The molecule has 0 spiro atoms. The summed E-state index contributed by atoms with van der Waals surface area (Å²) in [5.41, 5.74) is 0.582. The maximum Gasteiger partial charge on any atom is 1.00 e. The molecular weight excluding hydrogens is 455 g/mol. The molecule has 9 heteroatoms. The Labute approximate surface area is 212 Å². The smallest absolute Gasteiger partial charge is 0.744 e. The van der Waals surface area contributed by atoms with Crippen LogP contribution in [0.5, 0.6) is 11.5 Å². The first-order valence-corrected chi connectivity index (χ1v) is 10.8. The summed E-state index contributed by atoms with van der Waals surface area (Å²) in [6, 6.07) is 23.0. The maximum absolute atomic E-state index is 12.5. The van der Waals surface area contributed by atoms with Crippen molar-refractivity contribution >= 4 is 32.8 Å². The Morgan fingerprint density at radius 3 is 1.79 bits per heavy atom. The summed E-state index contributed by atoms with van der Waals surface area (Å²) in [7, 11) is -4.81. The van der Waals surface area contributed by atoms with Crippen LogP contribution in [-0.4, -0.2) is 24.9 Å². The second-order valence-corrected chi connectivity index (χ2v) is 8.15. The van der Waals surface area contributed by atoms with Gasteiger partial charge in [0, 0.05) is 5.39 Å². The van der Waals surface area contributed by atoms with Crippen LogP contribution in [0.2, 0.25) is 0 Å². The molecule has 0 unspecified atom stereocenters. The van der Waals surface area contributed by atoms with E-state index in [1.165, 1.54) is 36.4 Å². The third kappa shape index (κ3) is 5.87. The zero-order valence-corrected chi connectivity index (χ0v) is 20.2. The monoisotopic (exact) mass is 470 g/mol. The van der Waals surface area contributed by atoms with Crippen molar-refractivity contribution in [3.63, 3.8) is 0 Å². The molecule has 0 aliphatic heterocycles. The zero-order chi connectivity index (χ0) is 22.7. The first-order valence-electron chi connectivity index (χ1n) is 9.39. The van der Waals surface area contributed by atoms with Crippen molar-refractivity contribution in [3.8, 4) is 11.5 Å². The Bertz CT molecular complexity index is 1420. The van der Waals surface area contributed by atoms with E-state index in [2.05, 4.69) is 0 Å². The Hall–Kier alpha value is -3.01. The van der Waals surface area contributed by atoms with Crippen LogP contribution in [-0.2, 0) is 10.1 Å². The number of esters is 2. The van der Waals surface area contributed by atoms with Gasteiger partial charge in [-0.1, -0.05) is 42.5 Å². The molecule has 0 N–H and O–H groups in total. The molecule has 0 heterocycles. The summed E-state index contributed by atoms with van der Waals surface area (Å²) in [5.74, 6) is -1.32. The minimum Gasteiger partial charge on any atom is -0.744 e. The Kier molecular flexibility index (Phi) is 7.68. The molecule has 4 aromatic rings. The van der Waals surface area contributed by atoms with E-state index in [1.807, 2.05) is 0 Å². The number of hydrogen-bond donors (Lipinski definition) is 0. The summed E-state index contributed by atoms with van der Waals surface area (Å²) in [4.78, 5) is 24.3. The number of fused-ring (bicyclic) bond motifs is 1. The molecule has 0 aliphatic carbocycles. The predicted molar refractivity (Wildman–Crippen MR) is 115 cm³/mol.